The molecule has 1 atom stereocenters. The fraction of sp³-hybridized carbons (Fsp3) is 0.824. The molecule has 0 aromatic carbocycles. The van der Waals surface area contributed by atoms with E-state index in [-0.39, 0.29) is 35.6 Å². The smallest absolute Gasteiger partial charge is 0.303 e. The summed E-state index contributed by atoms with van der Waals surface area (Å²) in [5, 5.41) is 8.87. The Kier molecular flexibility index (Phi) is 6.17. The summed E-state index contributed by atoms with van der Waals surface area (Å²) in [5.74, 6) is 0.696. The number of likely N-dealkylation sites (tertiary alicyclic amines) is 1. The van der Waals surface area contributed by atoms with Crippen molar-refractivity contribution in [2.75, 3.05) is 24.7 Å². The lowest BCUT2D eigenvalue weighted by atomic mass is 9.91. The molecule has 1 unspecified atom stereocenters. The minimum absolute atomic E-state index is 0.0241. The highest BCUT2D eigenvalue weighted by atomic mass is 32.2. The first-order valence-corrected chi connectivity index (χ1v) is 9.70. The molecular weight excluding hydrogens is 328 g/mol. The summed E-state index contributed by atoms with van der Waals surface area (Å²) in [6, 6.07) is -0.360. The normalized spacial score (nSPS) is 22.7. The van der Waals surface area contributed by atoms with Crippen LogP contribution < -0.4 is 0 Å². The topological polar surface area (TPSA) is 77.9 Å². The van der Waals surface area contributed by atoms with E-state index in [0.29, 0.717) is 31.1 Å². The molecule has 0 aromatic rings. The van der Waals surface area contributed by atoms with Gasteiger partial charge >= 0.3 is 5.97 Å². The monoisotopic (exact) mass is 356 g/mol. The van der Waals surface area contributed by atoms with Gasteiger partial charge in [0.05, 0.1) is 5.88 Å². The number of carbonyl (C=O) groups is 3. The van der Waals surface area contributed by atoms with E-state index < -0.39 is 5.97 Å². The molecule has 6 nitrogen and oxygen atoms in total. The number of carboxylic acid groups (broad SMARTS) is 1. The Morgan fingerprint density at radius 2 is 1.79 bits per heavy atom. The first-order valence-electron chi connectivity index (χ1n) is 8.55. The van der Waals surface area contributed by atoms with Crippen LogP contribution in [0.25, 0.3) is 0 Å². The Morgan fingerprint density at radius 1 is 1.17 bits per heavy atom. The van der Waals surface area contributed by atoms with Crippen molar-refractivity contribution in [2.24, 2.45) is 11.3 Å². The summed E-state index contributed by atoms with van der Waals surface area (Å²) in [6.07, 6.45) is 2.08. The predicted molar refractivity (Wildman–Crippen MR) is 93.6 cm³/mol. The minimum Gasteiger partial charge on any atom is -0.481 e. The summed E-state index contributed by atoms with van der Waals surface area (Å²) in [5.41, 5.74) is -0.0902. The van der Waals surface area contributed by atoms with Crippen molar-refractivity contribution in [3.63, 3.8) is 0 Å². The summed E-state index contributed by atoms with van der Waals surface area (Å²) in [6.45, 7) is 7.27. The zero-order chi connectivity index (χ0) is 17.9. The molecule has 136 valence electrons. The molecule has 2 aliphatic rings. The van der Waals surface area contributed by atoms with E-state index in [9.17, 15) is 14.4 Å². The van der Waals surface area contributed by atoms with Crippen molar-refractivity contribution in [2.45, 2.75) is 52.5 Å². The van der Waals surface area contributed by atoms with Gasteiger partial charge in [0, 0.05) is 31.7 Å². The van der Waals surface area contributed by atoms with Gasteiger partial charge in [-0.2, -0.15) is 0 Å². The summed E-state index contributed by atoms with van der Waals surface area (Å²) >= 11 is 1.63. The second-order valence-electron chi connectivity index (χ2n) is 7.98. The van der Waals surface area contributed by atoms with Gasteiger partial charge in [0.15, 0.2) is 0 Å². The van der Waals surface area contributed by atoms with Crippen molar-refractivity contribution >= 4 is 29.5 Å². The predicted octanol–water partition coefficient (Wildman–Crippen LogP) is 2.04. The van der Waals surface area contributed by atoms with E-state index in [0.717, 1.165) is 12.8 Å². The number of carboxylic acids is 1. The van der Waals surface area contributed by atoms with Gasteiger partial charge < -0.3 is 14.9 Å². The Morgan fingerprint density at radius 3 is 2.33 bits per heavy atom. The number of aliphatic carboxylic acids is 1. The fourth-order valence-electron chi connectivity index (χ4n) is 3.26. The standard InChI is InChI=1S/C17H28N2O4S/c1-17(2,3)9-14(20)19-11-24-10-13(19)16(23)18-6-4-12(5-7-18)8-15(21)22/h12-13H,4-11H2,1-3H3,(H,21,22). The Hall–Kier alpha value is -1.24. The number of piperidine rings is 1. The molecule has 2 rings (SSSR count). The van der Waals surface area contributed by atoms with Crippen molar-refractivity contribution in [1.29, 1.82) is 0 Å². The van der Waals surface area contributed by atoms with E-state index in [4.69, 9.17) is 5.11 Å². The number of amides is 2. The van der Waals surface area contributed by atoms with Crippen LogP contribution in [0.5, 0.6) is 0 Å². The van der Waals surface area contributed by atoms with E-state index in [1.807, 2.05) is 25.7 Å². The maximum absolute atomic E-state index is 12.8. The number of hydrogen-bond acceptors (Lipinski definition) is 4. The third-order valence-electron chi connectivity index (χ3n) is 4.56. The third kappa shape index (κ3) is 5.13. The average molecular weight is 356 g/mol. The number of rotatable bonds is 4. The highest BCUT2D eigenvalue weighted by Crippen LogP contribution is 2.29. The number of thioether (sulfide) groups is 1. The van der Waals surface area contributed by atoms with Gasteiger partial charge in [-0.05, 0) is 24.2 Å². The van der Waals surface area contributed by atoms with Gasteiger partial charge in [0.25, 0.3) is 0 Å². The van der Waals surface area contributed by atoms with Crippen LogP contribution in [0, 0.1) is 11.3 Å². The van der Waals surface area contributed by atoms with Gasteiger partial charge in [0.2, 0.25) is 11.8 Å². The Labute approximate surface area is 147 Å². The van der Waals surface area contributed by atoms with Crippen molar-refractivity contribution in [3.05, 3.63) is 0 Å². The molecule has 1 N–H and O–H groups in total. The molecule has 0 spiro atoms. The Balaban J connectivity index is 1.92. The van der Waals surface area contributed by atoms with Crippen LogP contribution >= 0.6 is 11.8 Å². The second kappa shape index (κ2) is 7.76. The molecule has 7 heteroatoms. The molecule has 2 saturated heterocycles. The van der Waals surface area contributed by atoms with Crippen molar-refractivity contribution in [1.82, 2.24) is 9.80 Å². The molecule has 2 amide bonds. The molecule has 0 bridgehead atoms. The SMILES string of the molecule is CC(C)(C)CC(=O)N1CSCC1C(=O)N1CCC(CC(=O)O)CC1. The van der Waals surface area contributed by atoms with Crippen LogP contribution in [-0.2, 0) is 14.4 Å². The molecule has 0 radical (unpaired) electrons. The molecule has 2 fully saturated rings. The van der Waals surface area contributed by atoms with Crippen molar-refractivity contribution in [3.8, 4) is 0 Å². The number of nitrogens with zero attached hydrogens (tertiary/aromatic N) is 2. The molecule has 24 heavy (non-hydrogen) atoms. The van der Waals surface area contributed by atoms with Crippen LogP contribution in [0.4, 0.5) is 0 Å². The van der Waals surface area contributed by atoms with Crippen LogP contribution in [0.3, 0.4) is 0 Å². The van der Waals surface area contributed by atoms with E-state index in [1.165, 1.54) is 0 Å². The minimum atomic E-state index is -0.772. The quantitative estimate of drug-likeness (QED) is 0.834. The van der Waals surface area contributed by atoms with Crippen LogP contribution in [0.2, 0.25) is 0 Å². The molecule has 0 aliphatic carbocycles. The molecular formula is C17H28N2O4S. The lowest BCUT2D eigenvalue weighted by molar-refractivity contribution is -0.145. The maximum Gasteiger partial charge on any atom is 0.303 e. The molecule has 2 heterocycles. The molecule has 0 aromatic heterocycles. The van der Waals surface area contributed by atoms with E-state index in [1.54, 1.807) is 16.7 Å². The largest absolute Gasteiger partial charge is 0.481 e. The Bertz CT molecular complexity index is 495. The van der Waals surface area contributed by atoms with E-state index in [2.05, 4.69) is 0 Å². The average Bonchev–Trinajstić information content (AvgIpc) is 2.94. The van der Waals surface area contributed by atoms with Gasteiger partial charge in [0.1, 0.15) is 6.04 Å². The van der Waals surface area contributed by atoms with Crippen molar-refractivity contribution < 1.29 is 19.5 Å². The van der Waals surface area contributed by atoms with Gasteiger partial charge in [-0.3, -0.25) is 14.4 Å². The number of hydrogen-bond donors (Lipinski definition) is 1. The zero-order valence-electron chi connectivity index (χ0n) is 14.8. The highest BCUT2D eigenvalue weighted by Gasteiger charge is 2.38. The summed E-state index contributed by atoms with van der Waals surface area (Å²) in [4.78, 5) is 39.7. The van der Waals surface area contributed by atoms with Crippen LogP contribution in [-0.4, -0.2) is 63.5 Å². The van der Waals surface area contributed by atoms with Crippen LogP contribution in [0.1, 0.15) is 46.5 Å². The first-order chi connectivity index (χ1) is 11.2. The van der Waals surface area contributed by atoms with Gasteiger partial charge in [-0.25, -0.2) is 0 Å². The van der Waals surface area contributed by atoms with E-state index >= 15 is 0 Å². The molecule has 0 saturated carbocycles. The first kappa shape index (κ1) is 19.1. The second-order valence-corrected chi connectivity index (χ2v) is 8.98. The van der Waals surface area contributed by atoms with Gasteiger partial charge in [-0.15, -0.1) is 11.8 Å². The summed E-state index contributed by atoms with van der Waals surface area (Å²) < 4.78 is 0. The van der Waals surface area contributed by atoms with Crippen LogP contribution in [0.15, 0.2) is 0 Å². The molecule has 2 aliphatic heterocycles. The fourth-order valence-corrected chi connectivity index (χ4v) is 4.44. The highest BCUT2D eigenvalue weighted by molar-refractivity contribution is 7.99. The number of carbonyl (C=O) groups excluding carboxylic acids is 2. The van der Waals surface area contributed by atoms with Gasteiger partial charge in [-0.1, -0.05) is 20.8 Å². The summed E-state index contributed by atoms with van der Waals surface area (Å²) in [7, 11) is 0. The lowest BCUT2D eigenvalue weighted by Gasteiger charge is -2.35. The zero-order valence-corrected chi connectivity index (χ0v) is 15.6. The lowest BCUT2D eigenvalue weighted by Crippen LogP contribution is -2.51. The third-order valence-corrected chi connectivity index (χ3v) is 5.57. The maximum atomic E-state index is 12.8.